The molecule has 2 nitrogen and oxygen atoms in total. The van der Waals surface area contributed by atoms with Gasteiger partial charge in [0.15, 0.2) is 6.29 Å². The molecule has 0 unspecified atom stereocenters. The molecule has 0 amide bonds. The van der Waals surface area contributed by atoms with E-state index in [2.05, 4.69) is 0 Å². The second-order valence-corrected chi connectivity index (χ2v) is 7.73. The SMILES string of the molecule is FC(F)(F)COC(OCC(F)(F)F)[C@@H]1C[C@H](c2ccc(Cl)c(Cl)c2)c2ccccc21. The lowest BCUT2D eigenvalue weighted by Gasteiger charge is -2.26. The highest BCUT2D eigenvalue weighted by Crippen LogP contribution is 2.48. The van der Waals surface area contributed by atoms with Gasteiger partial charge in [-0.3, -0.25) is 0 Å². The molecule has 164 valence electrons. The van der Waals surface area contributed by atoms with Gasteiger partial charge < -0.3 is 9.47 Å². The molecule has 0 aliphatic heterocycles. The largest absolute Gasteiger partial charge is 0.411 e. The smallest absolute Gasteiger partial charge is 0.343 e. The van der Waals surface area contributed by atoms with Crippen LogP contribution in [0.4, 0.5) is 26.3 Å². The summed E-state index contributed by atoms with van der Waals surface area (Å²) in [5.41, 5.74) is 2.07. The minimum atomic E-state index is -4.71. The predicted octanol–water partition coefficient (Wildman–Crippen LogP) is 7.10. The maximum atomic E-state index is 12.7. The number of alkyl halides is 6. The van der Waals surface area contributed by atoms with E-state index in [0.29, 0.717) is 15.6 Å². The van der Waals surface area contributed by atoms with Crippen LogP contribution in [0.5, 0.6) is 0 Å². The van der Waals surface area contributed by atoms with E-state index in [1.54, 1.807) is 42.5 Å². The summed E-state index contributed by atoms with van der Waals surface area (Å²) in [7, 11) is 0. The van der Waals surface area contributed by atoms with Gasteiger partial charge in [-0.1, -0.05) is 53.5 Å². The average molecular weight is 473 g/mol. The topological polar surface area (TPSA) is 18.5 Å². The molecule has 0 spiro atoms. The molecule has 30 heavy (non-hydrogen) atoms. The molecule has 0 fully saturated rings. The zero-order valence-electron chi connectivity index (χ0n) is 15.2. The molecule has 0 radical (unpaired) electrons. The molecule has 2 aromatic rings. The highest BCUT2D eigenvalue weighted by Gasteiger charge is 2.41. The Kier molecular flexibility index (Phi) is 6.91. The van der Waals surface area contributed by atoms with Gasteiger partial charge in [-0.2, -0.15) is 26.3 Å². The lowest BCUT2D eigenvalue weighted by molar-refractivity contribution is -0.264. The van der Waals surface area contributed by atoms with E-state index >= 15 is 0 Å². The first-order valence-corrected chi connectivity index (χ1v) is 9.60. The molecule has 0 heterocycles. The van der Waals surface area contributed by atoms with Crippen molar-refractivity contribution in [3.8, 4) is 0 Å². The highest BCUT2D eigenvalue weighted by molar-refractivity contribution is 6.42. The van der Waals surface area contributed by atoms with E-state index in [4.69, 9.17) is 32.7 Å². The van der Waals surface area contributed by atoms with E-state index in [1.165, 1.54) is 0 Å². The van der Waals surface area contributed by atoms with E-state index < -0.39 is 37.8 Å². The zero-order valence-corrected chi connectivity index (χ0v) is 16.7. The first kappa shape index (κ1) is 23.2. The summed E-state index contributed by atoms with van der Waals surface area (Å²) in [6.07, 6.45) is -10.9. The van der Waals surface area contributed by atoms with Crippen molar-refractivity contribution in [2.75, 3.05) is 13.2 Å². The Morgan fingerprint density at radius 3 is 1.93 bits per heavy atom. The fourth-order valence-electron chi connectivity index (χ4n) is 3.61. The Labute approximate surface area is 178 Å². The first-order chi connectivity index (χ1) is 13.9. The van der Waals surface area contributed by atoms with Crippen molar-refractivity contribution in [1.29, 1.82) is 0 Å². The number of hydrogen-bond acceptors (Lipinski definition) is 2. The van der Waals surface area contributed by atoms with Crippen LogP contribution in [0.2, 0.25) is 10.0 Å². The molecule has 0 aromatic heterocycles. The summed E-state index contributed by atoms with van der Waals surface area (Å²) in [4.78, 5) is 0. The van der Waals surface area contributed by atoms with Gasteiger partial charge >= 0.3 is 12.4 Å². The van der Waals surface area contributed by atoms with Crippen LogP contribution in [0.25, 0.3) is 0 Å². The Balaban J connectivity index is 1.92. The van der Waals surface area contributed by atoms with Crippen LogP contribution < -0.4 is 0 Å². The van der Waals surface area contributed by atoms with Crippen molar-refractivity contribution >= 4 is 23.2 Å². The lowest BCUT2D eigenvalue weighted by Crippen LogP contribution is -2.33. The van der Waals surface area contributed by atoms with Gasteiger partial charge in [-0.25, -0.2) is 0 Å². The molecule has 1 aliphatic carbocycles. The standard InChI is InChI=1S/C20H16Cl2F6O2/c21-16-6-5-11(7-17(16)22)14-8-15(13-4-2-1-3-12(13)14)18(29-9-19(23,24)25)30-10-20(26,27)28/h1-7,14-15,18H,8-10H2/t14-,15-/m1/s1. The number of fused-ring (bicyclic) bond motifs is 1. The predicted molar refractivity (Wildman–Crippen MR) is 99.9 cm³/mol. The minimum absolute atomic E-state index is 0.192. The van der Waals surface area contributed by atoms with Crippen molar-refractivity contribution in [2.24, 2.45) is 0 Å². The maximum Gasteiger partial charge on any atom is 0.411 e. The molecule has 2 aromatic carbocycles. The molecular weight excluding hydrogens is 457 g/mol. The Hall–Kier alpha value is -1.48. The summed E-state index contributed by atoms with van der Waals surface area (Å²) >= 11 is 12.0. The second kappa shape index (κ2) is 8.94. The molecular formula is C20H16Cl2F6O2. The van der Waals surface area contributed by atoms with Crippen LogP contribution in [-0.4, -0.2) is 31.9 Å². The first-order valence-electron chi connectivity index (χ1n) is 8.85. The molecule has 10 heteroatoms. The average Bonchev–Trinajstić information content (AvgIpc) is 3.02. The third-order valence-corrected chi connectivity index (χ3v) is 5.50. The van der Waals surface area contributed by atoms with E-state index in [9.17, 15) is 26.3 Å². The van der Waals surface area contributed by atoms with Crippen LogP contribution in [0.3, 0.4) is 0 Å². The quantitative estimate of drug-likeness (QED) is 0.329. The van der Waals surface area contributed by atoms with Gasteiger partial charge in [0, 0.05) is 11.8 Å². The van der Waals surface area contributed by atoms with E-state index in [-0.39, 0.29) is 12.3 Å². The van der Waals surface area contributed by atoms with Crippen molar-refractivity contribution in [1.82, 2.24) is 0 Å². The molecule has 0 N–H and O–H groups in total. The summed E-state index contributed by atoms with van der Waals surface area (Å²) in [6, 6.07) is 11.8. The molecule has 3 rings (SSSR count). The minimum Gasteiger partial charge on any atom is -0.343 e. The monoisotopic (exact) mass is 472 g/mol. The number of ether oxygens (including phenoxy) is 2. The lowest BCUT2D eigenvalue weighted by atomic mass is 9.92. The van der Waals surface area contributed by atoms with Crippen LogP contribution in [0, 0.1) is 0 Å². The zero-order chi connectivity index (χ0) is 22.1. The molecule has 1 aliphatic rings. The molecule has 0 bridgehead atoms. The fourth-order valence-corrected chi connectivity index (χ4v) is 3.92. The van der Waals surface area contributed by atoms with Crippen molar-refractivity contribution < 1.29 is 35.8 Å². The summed E-state index contributed by atoms with van der Waals surface area (Å²) in [6.45, 7) is -3.43. The van der Waals surface area contributed by atoms with Crippen molar-refractivity contribution in [2.45, 2.75) is 36.9 Å². The van der Waals surface area contributed by atoms with Gasteiger partial charge in [0.2, 0.25) is 0 Å². The number of rotatable bonds is 6. The molecule has 0 saturated carbocycles. The third-order valence-electron chi connectivity index (χ3n) is 4.76. The summed E-state index contributed by atoms with van der Waals surface area (Å²) < 4.78 is 85.6. The highest BCUT2D eigenvalue weighted by atomic mass is 35.5. The van der Waals surface area contributed by atoms with E-state index in [0.717, 1.165) is 11.1 Å². The molecule has 0 saturated heterocycles. The van der Waals surface area contributed by atoms with Crippen molar-refractivity contribution in [3.63, 3.8) is 0 Å². The van der Waals surface area contributed by atoms with Crippen LogP contribution in [0.1, 0.15) is 34.9 Å². The normalized spacial score (nSPS) is 19.4. The Bertz CT molecular complexity index is 866. The van der Waals surface area contributed by atoms with Crippen LogP contribution in [0.15, 0.2) is 42.5 Å². The maximum absolute atomic E-state index is 12.7. The summed E-state index contributed by atoms with van der Waals surface area (Å²) in [5, 5.41) is 0.636. The number of halogens is 8. The fraction of sp³-hybridized carbons (Fsp3) is 0.400. The number of benzene rings is 2. The Morgan fingerprint density at radius 1 is 0.833 bits per heavy atom. The van der Waals surface area contributed by atoms with Gasteiger partial charge in [-0.05, 0) is 35.2 Å². The summed E-state index contributed by atoms with van der Waals surface area (Å²) in [5.74, 6) is -1.14. The Morgan fingerprint density at radius 2 is 1.40 bits per heavy atom. The van der Waals surface area contributed by atoms with Crippen molar-refractivity contribution in [3.05, 3.63) is 69.2 Å². The van der Waals surface area contributed by atoms with Gasteiger partial charge in [0.25, 0.3) is 0 Å². The van der Waals surface area contributed by atoms with Crippen LogP contribution >= 0.6 is 23.2 Å². The van der Waals surface area contributed by atoms with Gasteiger partial charge in [-0.15, -0.1) is 0 Å². The van der Waals surface area contributed by atoms with Gasteiger partial charge in [0.05, 0.1) is 10.0 Å². The van der Waals surface area contributed by atoms with Crippen LogP contribution in [-0.2, 0) is 9.47 Å². The molecule has 2 atom stereocenters. The van der Waals surface area contributed by atoms with E-state index in [1.807, 2.05) is 0 Å². The number of hydrogen-bond donors (Lipinski definition) is 0. The van der Waals surface area contributed by atoms with Gasteiger partial charge in [0.1, 0.15) is 13.2 Å². The third kappa shape index (κ3) is 5.81. The second-order valence-electron chi connectivity index (χ2n) is 6.92.